The molecule has 7 aromatic rings. The Labute approximate surface area is 418 Å². The number of nitrogens with one attached hydrogen (secondary N) is 2. The lowest BCUT2D eigenvalue weighted by Gasteiger charge is -2.52. The lowest BCUT2D eigenvalue weighted by atomic mass is 9.77. The molecule has 0 radical (unpaired) electrons. The van der Waals surface area contributed by atoms with E-state index in [1.807, 2.05) is 36.4 Å². The van der Waals surface area contributed by atoms with Crippen molar-refractivity contribution >= 4 is 44.2 Å². The molecule has 3 N–H and O–H groups in total. The van der Waals surface area contributed by atoms with Crippen LogP contribution in [-0.4, -0.2) is 65.1 Å². The quantitative estimate of drug-likeness (QED) is 0.0212. The Hall–Kier alpha value is -7.97. The third-order valence-corrected chi connectivity index (χ3v) is 14.5. The second kappa shape index (κ2) is 19.9. The number of carbonyl (C=O) groups excluding carboxylic acids is 1. The summed E-state index contributed by atoms with van der Waals surface area (Å²) in [7, 11) is -6.26. The molecule has 1 saturated heterocycles. The summed E-state index contributed by atoms with van der Waals surface area (Å²) >= 11 is 0.226. The summed E-state index contributed by atoms with van der Waals surface area (Å²) in [6.07, 6.45) is -6.01. The topological polar surface area (TPSA) is 160 Å². The fourth-order valence-electron chi connectivity index (χ4n) is 9.25. The van der Waals surface area contributed by atoms with Gasteiger partial charge in [-0.25, -0.2) is 9.78 Å². The molecule has 1 amide bonds. The Morgan fingerprint density at radius 1 is 0.671 bits per heavy atom. The van der Waals surface area contributed by atoms with Gasteiger partial charge in [0.05, 0.1) is 12.1 Å². The maximum absolute atomic E-state index is 15.8. The van der Waals surface area contributed by atoms with Gasteiger partial charge in [0, 0.05) is 29.7 Å². The first-order valence-corrected chi connectivity index (χ1v) is 24.7. The highest BCUT2D eigenvalue weighted by atomic mass is 32.2. The van der Waals surface area contributed by atoms with Crippen molar-refractivity contribution in [2.24, 2.45) is 5.16 Å². The van der Waals surface area contributed by atoms with Gasteiger partial charge in [0.25, 0.3) is 5.91 Å². The number of anilines is 1. The van der Waals surface area contributed by atoms with E-state index in [1.165, 1.54) is 0 Å². The Kier molecular flexibility index (Phi) is 13.6. The number of aliphatic carboxylic acids is 1. The molecule has 12 nitrogen and oxygen atoms in total. The average Bonchev–Trinajstić information content (AvgIpc) is 3.81. The Morgan fingerprint density at radius 3 is 1.49 bits per heavy atom. The van der Waals surface area contributed by atoms with Crippen molar-refractivity contribution in [1.82, 2.24) is 15.2 Å². The van der Waals surface area contributed by atoms with Crippen molar-refractivity contribution in [3.05, 3.63) is 237 Å². The maximum Gasteiger partial charge on any atom is 0.534 e. The predicted octanol–water partition coefficient (Wildman–Crippen LogP) is 10.4. The number of aromatic nitrogens is 1. The average molecular weight is 1040 g/mol. The second-order valence-corrected chi connectivity index (χ2v) is 19.4. The largest absolute Gasteiger partial charge is 0.534 e. The van der Waals surface area contributed by atoms with E-state index < -0.39 is 97.6 Å². The zero-order valence-electron chi connectivity index (χ0n) is 37.9. The number of carboxylic acid groups (broad SMARTS) is 1. The molecular weight excluding hydrogens is 997 g/mol. The normalized spacial score (nSPS) is 16.5. The molecule has 2 atom stereocenters. The van der Waals surface area contributed by atoms with Crippen molar-refractivity contribution in [3.63, 3.8) is 0 Å². The fourth-order valence-corrected chi connectivity index (χ4v) is 10.7. The van der Waals surface area contributed by atoms with Crippen molar-refractivity contribution in [2.45, 2.75) is 47.7 Å². The molecular formula is C53H41F6N5O7S2. The lowest BCUT2D eigenvalue weighted by molar-refractivity contribution is -0.137. The number of hydrogen-bond acceptors (Lipinski definition) is 11. The zero-order valence-corrected chi connectivity index (χ0v) is 39.6. The number of hydrogen-bond donors (Lipinski definition) is 3. The molecule has 0 spiro atoms. The van der Waals surface area contributed by atoms with Gasteiger partial charge in [-0.15, -0.1) is 0 Å². The fraction of sp³-hybridized carbons (Fsp3) is 0.170. The van der Waals surface area contributed by atoms with Crippen LogP contribution < -0.4 is 10.6 Å². The summed E-state index contributed by atoms with van der Waals surface area (Å²) in [4.78, 5) is 38.4. The molecule has 374 valence electrons. The van der Waals surface area contributed by atoms with Gasteiger partial charge in [-0.05, 0) is 23.1 Å². The predicted molar refractivity (Wildman–Crippen MR) is 259 cm³/mol. The van der Waals surface area contributed by atoms with Gasteiger partial charge >= 0.3 is 27.8 Å². The minimum absolute atomic E-state index is 0.226. The molecule has 0 bridgehead atoms. The summed E-state index contributed by atoms with van der Waals surface area (Å²) < 4.78 is 116. The maximum atomic E-state index is 15.8. The third kappa shape index (κ3) is 9.62. The minimum Gasteiger partial charge on any atom is -0.476 e. The van der Waals surface area contributed by atoms with Gasteiger partial charge in [0.1, 0.15) is 16.1 Å². The molecule has 0 saturated carbocycles. The second-order valence-electron chi connectivity index (χ2n) is 16.9. The molecule has 3 heterocycles. The molecule has 6 aromatic carbocycles. The number of oxime groups is 1. The summed E-state index contributed by atoms with van der Waals surface area (Å²) in [6.45, 7) is -0.434. The van der Waals surface area contributed by atoms with Crippen LogP contribution in [0.1, 0.15) is 56.8 Å². The number of nitrogens with zero attached hydrogens (tertiary/aromatic N) is 3. The molecule has 2 unspecified atom stereocenters. The molecule has 1 aromatic heterocycles. The van der Waals surface area contributed by atoms with Crippen molar-refractivity contribution in [2.75, 3.05) is 11.9 Å². The number of carboxylic acids is 1. The molecule has 2 aliphatic heterocycles. The summed E-state index contributed by atoms with van der Waals surface area (Å²) in [5.41, 5.74) is -8.41. The van der Waals surface area contributed by atoms with Crippen LogP contribution in [0.25, 0.3) is 0 Å². The van der Waals surface area contributed by atoms with E-state index in [-0.39, 0.29) is 22.9 Å². The van der Waals surface area contributed by atoms with Crippen LogP contribution in [0.5, 0.6) is 0 Å². The van der Waals surface area contributed by atoms with E-state index in [0.717, 1.165) is 4.90 Å². The van der Waals surface area contributed by atoms with Crippen molar-refractivity contribution < 1.29 is 58.5 Å². The van der Waals surface area contributed by atoms with E-state index in [0.29, 0.717) is 33.4 Å². The van der Waals surface area contributed by atoms with Crippen LogP contribution in [0.3, 0.4) is 0 Å². The van der Waals surface area contributed by atoms with Gasteiger partial charge < -0.3 is 29.7 Å². The molecule has 2 aliphatic rings. The molecule has 73 heavy (non-hydrogen) atoms. The van der Waals surface area contributed by atoms with Crippen molar-refractivity contribution in [1.29, 1.82) is 0 Å². The van der Waals surface area contributed by atoms with Gasteiger partial charge in [-0.2, -0.15) is 34.8 Å². The van der Waals surface area contributed by atoms with Crippen LogP contribution in [0.15, 0.2) is 199 Å². The molecule has 0 aliphatic carbocycles. The molecule has 20 heteroatoms. The van der Waals surface area contributed by atoms with Crippen molar-refractivity contribution in [3.8, 4) is 0 Å². The number of benzene rings is 6. The monoisotopic (exact) mass is 1040 g/mol. The Bertz CT molecular complexity index is 3080. The number of halogens is 6. The van der Waals surface area contributed by atoms with Gasteiger partial charge in [-0.1, -0.05) is 198 Å². The van der Waals surface area contributed by atoms with Crippen LogP contribution >= 0.6 is 11.3 Å². The van der Waals surface area contributed by atoms with Crippen LogP contribution in [0, 0.1) is 0 Å². The third-order valence-electron chi connectivity index (χ3n) is 12.5. The number of alkyl halides is 6. The number of rotatable bonds is 16. The van der Waals surface area contributed by atoms with Crippen LogP contribution in [0.4, 0.5) is 31.5 Å². The first-order valence-electron chi connectivity index (χ1n) is 22.4. The van der Waals surface area contributed by atoms with Crippen LogP contribution in [0.2, 0.25) is 0 Å². The number of carbonyl (C=O) groups is 2. The minimum atomic E-state index is -6.26. The number of allylic oxidation sites excluding steroid dienone is 1. The number of amides is 1. The lowest BCUT2D eigenvalue weighted by Crippen LogP contribution is -2.68. The van der Waals surface area contributed by atoms with Gasteiger partial charge in [-0.3, -0.25) is 4.79 Å². The molecule has 9 rings (SSSR count). The Balaban J connectivity index is 1.20. The van der Waals surface area contributed by atoms with E-state index in [4.69, 9.17) is 4.84 Å². The smallest absolute Gasteiger partial charge is 0.476 e. The summed E-state index contributed by atoms with van der Waals surface area (Å²) in [5.74, 6) is -4.03. The highest BCUT2D eigenvalue weighted by molar-refractivity contribution is 7.87. The Morgan fingerprint density at radius 2 is 1.10 bits per heavy atom. The van der Waals surface area contributed by atoms with Crippen LogP contribution in [-0.2, 0) is 46.0 Å². The first kappa shape index (κ1) is 50.0. The highest BCUT2D eigenvalue weighted by Crippen LogP contribution is 2.46. The SMILES string of the molecule is O=C(O)C1=C(OS(=O)(=O)C(F)(F)F)CCC2C(NC(=O)C(=NOC(c3ccccc3)(c3ccccc3)c3ccccc3)c3nc(NC(c4ccccc4)(c4ccccc4)c4ccccc4)sc3C(F)(F)F)CN12. The highest BCUT2D eigenvalue weighted by Gasteiger charge is 2.53. The zero-order chi connectivity index (χ0) is 51.6. The first-order chi connectivity index (χ1) is 34.9. The van der Waals surface area contributed by atoms with E-state index in [9.17, 15) is 31.5 Å². The van der Waals surface area contributed by atoms with Gasteiger partial charge in [0.2, 0.25) is 5.60 Å². The van der Waals surface area contributed by atoms with Gasteiger partial charge in [0.15, 0.2) is 22.3 Å². The standard InChI is InChI=1S/C53H41F6N5O7S2/c54-52(55,56)46-43(61-49(72-46)62-50(34-19-7-1-8-20-34,35-21-9-2-10-22-35)36-23-11-3-12-24-36)44(47(65)60-40-33-64-41(40)31-32-42(45(64)48(66)67)70-73(68,69)53(57,58)59)63-71-51(37-25-13-4-14-26-37,38-27-15-5-16-28-38)39-29-17-6-18-30-39/h1-30,40-41H,31-33H2,(H,60,65)(H,61,62)(H,66,67). The van der Waals surface area contributed by atoms with E-state index in [2.05, 4.69) is 25.0 Å². The van der Waals surface area contributed by atoms with E-state index in [1.54, 1.807) is 146 Å². The summed E-state index contributed by atoms with van der Waals surface area (Å²) in [5, 5.41) is 20.2. The molecule has 1 fully saturated rings. The number of fused-ring (bicyclic) bond motifs is 1. The number of thiazole rings is 1. The summed E-state index contributed by atoms with van der Waals surface area (Å²) in [6, 6.07) is 51.0. The van der Waals surface area contributed by atoms with E-state index >= 15 is 18.0 Å².